The number of sulfonamides is 1. The van der Waals surface area contributed by atoms with Crippen LogP contribution in [-0.2, 0) is 25.7 Å². The summed E-state index contributed by atoms with van der Waals surface area (Å²) in [6, 6.07) is 5.65. The number of benzene rings is 1. The first-order valence-electron chi connectivity index (χ1n) is 11.5. The molecule has 0 spiro atoms. The van der Waals surface area contributed by atoms with Gasteiger partial charge in [0.25, 0.3) is 0 Å². The summed E-state index contributed by atoms with van der Waals surface area (Å²) in [6.07, 6.45) is -2.57. The van der Waals surface area contributed by atoms with Gasteiger partial charge in [0.1, 0.15) is 0 Å². The van der Waals surface area contributed by atoms with Gasteiger partial charge in [0, 0.05) is 43.4 Å². The molecule has 2 fully saturated rings. The summed E-state index contributed by atoms with van der Waals surface area (Å²) < 4.78 is 73.4. The molecule has 1 amide bonds. The van der Waals surface area contributed by atoms with E-state index in [1.807, 2.05) is 16.7 Å². The average molecular weight is 515 g/mol. The van der Waals surface area contributed by atoms with Crippen LogP contribution in [0.5, 0.6) is 0 Å². The van der Waals surface area contributed by atoms with Crippen molar-refractivity contribution in [3.63, 3.8) is 0 Å². The molecule has 2 aliphatic rings. The average Bonchev–Trinajstić information content (AvgIpc) is 2.77. The first kappa shape index (κ1) is 25.6. The molecule has 2 atom stereocenters. The number of piperidine rings is 1. The molecule has 1 aromatic heterocycles. The summed E-state index contributed by atoms with van der Waals surface area (Å²) in [5.41, 5.74) is -0.342. The van der Waals surface area contributed by atoms with Crippen LogP contribution in [0.1, 0.15) is 18.9 Å². The number of nitrogens with one attached hydrogen (secondary N) is 1. The minimum absolute atomic E-state index is 0.0136. The Kier molecular flexibility index (Phi) is 7.53. The molecule has 0 unspecified atom stereocenters. The lowest BCUT2D eigenvalue weighted by Crippen LogP contribution is -2.47. The van der Waals surface area contributed by atoms with E-state index in [2.05, 4.69) is 9.71 Å². The summed E-state index contributed by atoms with van der Waals surface area (Å²) in [4.78, 5) is 20.0. The third-order valence-electron chi connectivity index (χ3n) is 6.33. The Labute approximate surface area is 202 Å². The molecule has 4 rings (SSSR count). The number of halogens is 3. The van der Waals surface area contributed by atoms with E-state index in [9.17, 15) is 26.4 Å². The van der Waals surface area contributed by atoms with Crippen molar-refractivity contribution in [1.82, 2.24) is 14.6 Å². The molecular weight excluding hydrogens is 485 g/mol. The number of carbonyl (C=O) groups is 1. The Morgan fingerprint density at radius 1 is 1.20 bits per heavy atom. The number of nitrogens with zero attached hydrogens (tertiary/aromatic N) is 3. The van der Waals surface area contributed by atoms with E-state index in [0.717, 1.165) is 6.07 Å². The summed E-state index contributed by atoms with van der Waals surface area (Å²) >= 11 is 0. The molecule has 0 aliphatic carbocycles. The predicted molar refractivity (Wildman–Crippen MR) is 125 cm³/mol. The summed E-state index contributed by atoms with van der Waals surface area (Å²) in [7, 11) is -3.87. The number of hydrogen-bond acceptors (Lipinski definition) is 7. The Morgan fingerprint density at radius 3 is 2.66 bits per heavy atom. The molecule has 1 N–H and O–H groups in total. The second-order valence-electron chi connectivity index (χ2n) is 9.34. The van der Waals surface area contributed by atoms with Crippen molar-refractivity contribution in [3.8, 4) is 0 Å². The fourth-order valence-corrected chi connectivity index (χ4v) is 6.34. The number of pyridine rings is 1. The van der Waals surface area contributed by atoms with Gasteiger partial charge in [-0.05, 0) is 42.5 Å². The van der Waals surface area contributed by atoms with E-state index in [-0.39, 0.29) is 29.7 Å². The van der Waals surface area contributed by atoms with Gasteiger partial charge in [0.15, 0.2) is 0 Å². The van der Waals surface area contributed by atoms with E-state index in [1.165, 1.54) is 12.3 Å². The lowest BCUT2D eigenvalue weighted by atomic mass is 9.91. The largest absolute Gasteiger partial charge is 0.418 e. The van der Waals surface area contributed by atoms with Gasteiger partial charge in [0.2, 0.25) is 15.9 Å². The van der Waals surface area contributed by atoms with Crippen molar-refractivity contribution >= 4 is 32.5 Å². The quantitative estimate of drug-likeness (QED) is 0.633. The summed E-state index contributed by atoms with van der Waals surface area (Å²) in [5.74, 6) is -0.990. The molecule has 0 radical (unpaired) electrons. The molecule has 0 bridgehead atoms. The van der Waals surface area contributed by atoms with Crippen molar-refractivity contribution in [2.24, 2.45) is 11.8 Å². The molecule has 12 heteroatoms. The molecule has 8 nitrogen and oxygen atoms in total. The van der Waals surface area contributed by atoms with Crippen LogP contribution in [0.4, 0.5) is 18.9 Å². The second-order valence-corrected chi connectivity index (χ2v) is 11.1. The fraction of sp³-hybridized carbons (Fsp3) is 0.565. The van der Waals surface area contributed by atoms with Crippen LogP contribution in [0.3, 0.4) is 0 Å². The van der Waals surface area contributed by atoms with Gasteiger partial charge in [-0.15, -0.1) is 0 Å². The zero-order chi connectivity index (χ0) is 25.2. The molecule has 3 heterocycles. The number of anilines is 1. The molecular formula is C23H29F3N4O4S. The highest BCUT2D eigenvalue weighted by Crippen LogP contribution is 2.39. The van der Waals surface area contributed by atoms with Crippen LogP contribution >= 0.6 is 0 Å². The van der Waals surface area contributed by atoms with Crippen LogP contribution < -0.4 is 9.62 Å². The number of aromatic nitrogens is 1. The van der Waals surface area contributed by atoms with Gasteiger partial charge in [0.05, 0.1) is 36.6 Å². The van der Waals surface area contributed by atoms with Crippen molar-refractivity contribution in [2.75, 3.05) is 56.6 Å². The van der Waals surface area contributed by atoms with Gasteiger partial charge >= 0.3 is 6.18 Å². The van der Waals surface area contributed by atoms with Crippen molar-refractivity contribution in [3.05, 3.63) is 36.0 Å². The lowest BCUT2D eigenvalue weighted by molar-refractivity contribution is -0.136. The highest BCUT2D eigenvalue weighted by molar-refractivity contribution is 7.90. The third-order valence-corrected chi connectivity index (χ3v) is 7.78. The molecule has 192 valence electrons. The van der Waals surface area contributed by atoms with E-state index >= 15 is 0 Å². The van der Waals surface area contributed by atoms with Gasteiger partial charge in [-0.2, -0.15) is 13.2 Å². The van der Waals surface area contributed by atoms with Crippen molar-refractivity contribution in [2.45, 2.75) is 19.5 Å². The maximum Gasteiger partial charge on any atom is 0.418 e. The second kappa shape index (κ2) is 10.3. The number of rotatable bonds is 6. The van der Waals surface area contributed by atoms with E-state index < -0.39 is 27.7 Å². The van der Waals surface area contributed by atoms with Crippen LogP contribution in [-0.4, -0.2) is 75.9 Å². The lowest BCUT2D eigenvalue weighted by Gasteiger charge is -2.38. The van der Waals surface area contributed by atoms with Crippen LogP contribution in [0.25, 0.3) is 10.9 Å². The van der Waals surface area contributed by atoms with Crippen molar-refractivity contribution < 1.29 is 31.1 Å². The first-order valence-corrected chi connectivity index (χ1v) is 13.2. The minimum atomic E-state index is -4.53. The monoisotopic (exact) mass is 514 g/mol. The topological polar surface area (TPSA) is 91.8 Å². The highest BCUT2D eigenvalue weighted by Gasteiger charge is 2.35. The number of fused-ring (bicyclic) bond motifs is 1. The predicted octanol–water partition coefficient (Wildman–Crippen LogP) is 2.49. The Morgan fingerprint density at radius 2 is 1.94 bits per heavy atom. The zero-order valence-corrected chi connectivity index (χ0v) is 20.2. The Balaban J connectivity index is 1.48. The molecule has 1 aromatic carbocycles. The smallest absolute Gasteiger partial charge is 0.379 e. The van der Waals surface area contributed by atoms with Crippen molar-refractivity contribution in [1.29, 1.82) is 0 Å². The third kappa shape index (κ3) is 6.42. The van der Waals surface area contributed by atoms with Crippen LogP contribution in [0.15, 0.2) is 30.5 Å². The Bertz CT molecular complexity index is 1170. The van der Waals surface area contributed by atoms with Crippen LogP contribution in [0.2, 0.25) is 0 Å². The summed E-state index contributed by atoms with van der Waals surface area (Å²) in [6.45, 7) is 5.03. The van der Waals surface area contributed by atoms with E-state index in [1.54, 1.807) is 12.1 Å². The number of ether oxygens (including phenoxy) is 1. The number of alkyl halides is 3. The van der Waals surface area contributed by atoms with Gasteiger partial charge in [-0.3, -0.25) is 19.4 Å². The maximum absolute atomic E-state index is 13.5. The molecule has 2 saturated heterocycles. The number of carbonyl (C=O) groups excluding carboxylic acids is 1. The molecule has 2 aliphatic heterocycles. The number of amides is 1. The van der Waals surface area contributed by atoms with Gasteiger partial charge in [-0.1, -0.05) is 6.92 Å². The zero-order valence-electron chi connectivity index (χ0n) is 19.4. The van der Waals surface area contributed by atoms with E-state index in [4.69, 9.17) is 4.74 Å². The Hall–Kier alpha value is -2.44. The fourth-order valence-electron chi connectivity index (χ4n) is 4.98. The van der Waals surface area contributed by atoms with Gasteiger partial charge in [-0.25, -0.2) is 8.42 Å². The molecule has 0 saturated carbocycles. The van der Waals surface area contributed by atoms with Gasteiger partial charge < -0.3 is 9.64 Å². The van der Waals surface area contributed by atoms with E-state index in [0.29, 0.717) is 56.9 Å². The highest BCUT2D eigenvalue weighted by atomic mass is 32.2. The molecule has 2 aromatic rings. The standard InChI is InChI=1S/C23H29F3N4O4S/c1-16-11-17(15-35(32,33)28-21(31)14-29-7-9-34-10-8-29)13-30(12-16)20-5-4-19(23(24,25)26)22-18(20)3-2-6-27-22/h2-6,16-17H,7-15H2,1H3,(H,28,31)/t16-,17+/m0/s1. The number of morpholine rings is 1. The van der Waals surface area contributed by atoms with Crippen LogP contribution in [0, 0.1) is 11.8 Å². The normalized spacial score (nSPS) is 22.3. The minimum Gasteiger partial charge on any atom is -0.379 e. The molecule has 35 heavy (non-hydrogen) atoms. The first-order chi connectivity index (χ1) is 16.5. The number of hydrogen-bond donors (Lipinski definition) is 1. The maximum atomic E-state index is 13.5. The summed E-state index contributed by atoms with van der Waals surface area (Å²) in [5, 5.41) is 0.372. The SMILES string of the molecule is C[C@H]1C[C@@H](CS(=O)(=O)NC(=O)CN2CCOCC2)CN(c2ccc(C(F)(F)F)c3ncccc23)C1.